The van der Waals surface area contributed by atoms with Crippen LogP contribution in [0.2, 0.25) is 0 Å². The topological polar surface area (TPSA) is 36.7 Å². The second-order valence-electron chi connectivity index (χ2n) is 11.6. The summed E-state index contributed by atoms with van der Waals surface area (Å²) in [5, 5.41) is 0. The van der Waals surface area contributed by atoms with E-state index in [0.29, 0.717) is 18.5 Å². The van der Waals surface area contributed by atoms with Crippen LogP contribution in [-0.2, 0) is 17.9 Å². The van der Waals surface area contributed by atoms with E-state index in [-0.39, 0.29) is 5.92 Å². The minimum Gasteiger partial charge on any atom is -0.472 e. The van der Waals surface area contributed by atoms with Crippen molar-refractivity contribution in [3.05, 3.63) is 59.5 Å². The van der Waals surface area contributed by atoms with Crippen LogP contribution in [-0.4, -0.2) is 34.8 Å². The summed E-state index contributed by atoms with van der Waals surface area (Å²) in [5.41, 5.74) is 3.50. The van der Waals surface area contributed by atoms with Gasteiger partial charge in [0.2, 0.25) is 5.91 Å². The Hall–Kier alpha value is -2.51. The van der Waals surface area contributed by atoms with Gasteiger partial charge in [-0.2, -0.15) is 0 Å². The van der Waals surface area contributed by atoms with Crippen LogP contribution in [0.15, 0.2) is 47.3 Å². The Morgan fingerprint density at radius 3 is 2.53 bits per heavy atom. The molecule has 38 heavy (non-hydrogen) atoms. The fourth-order valence-electron chi connectivity index (χ4n) is 6.27. The molecule has 4 nitrogen and oxygen atoms in total. The molecular weight excluding hydrogens is 468 g/mol. The molecule has 1 amide bonds. The number of carbonyl (C=O) groups excluding carboxylic acids is 1. The third kappa shape index (κ3) is 8.50. The number of amides is 1. The molecule has 0 N–H and O–H groups in total. The highest BCUT2D eigenvalue weighted by Crippen LogP contribution is 2.34. The molecular formula is C34H48N2O2. The predicted molar refractivity (Wildman–Crippen MR) is 155 cm³/mol. The van der Waals surface area contributed by atoms with Gasteiger partial charge in [0.1, 0.15) is 0 Å². The van der Waals surface area contributed by atoms with E-state index in [2.05, 4.69) is 65.8 Å². The number of unbranched alkanes of at least 4 members (excludes halogenated alkanes) is 3. The van der Waals surface area contributed by atoms with Crippen molar-refractivity contribution in [3.8, 4) is 11.8 Å². The van der Waals surface area contributed by atoms with E-state index < -0.39 is 0 Å². The standard InChI is InChI=1S/C34H48N2O2/c1-3-5-7-10-28-14-16-32(17-15-28)34(37)36(26-30-13-9-12-29(24-30)11-8-6-4-2)33-18-21-35(22-19-33)25-31-20-23-38-27-31/h9,12-13,20,23-24,27-28,32-33H,3-7,10,14-19,21-22,25-26H2,1-2H3/t28-,32-. The van der Waals surface area contributed by atoms with E-state index in [1.807, 2.05) is 6.26 Å². The molecule has 1 saturated carbocycles. The first-order valence-electron chi connectivity index (χ1n) is 15.3. The SMILES string of the molecule is CCCC#Cc1cccc(CN(C(=O)[C@H]2CC[C@H](CCCCC)CC2)C2CCN(Cc3ccoc3)CC2)c1. The van der Waals surface area contributed by atoms with Crippen LogP contribution in [0.5, 0.6) is 0 Å². The third-order valence-corrected chi connectivity index (χ3v) is 8.57. The van der Waals surface area contributed by atoms with E-state index in [9.17, 15) is 4.79 Å². The Bertz CT molecular complexity index is 1020. The first-order chi connectivity index (χ1) is 18.7. The third-order valence-electron chi connectivity index (χ3n) is 8.57. The first-order valence-corrected chi connectivity index (χ1v) is 15.3. The maximum Gasteiger partial charge on any atom is 0.226 e. The van der Waals surface area contributed by atoms with Gasteiger partial charge in [0, 0.05) is 55.7 Å². The zero-order valence-electron chi connectivity index (χ0n) is 23.8. The highest BCUT2D eigenvalue weighted by atomic mass is 16.3. The second kappa shape index (κ2) is 15.2. The Kier molecular flexibility index (Phi) is 11.4. The van der Waals surface area contributed by atoms with Crippen LogP contribution in [0.3, 0.4) is 0 Å². The van der Waals surface area contributed by atoms with Crippen LogP contribution in [0.4, 0.5) is 0 Å². The highest BCUT2D eigenvalue weighted by Gasteiger charge is 2.34. The van der Waals surface area contributed by atoms with Crippen molar-refractivity contribution in [2.24, 2.45) is 11.8 Å². The number of hydrogen-bond acceptors (Lipinski definition) is 3. The Labute approximate surface area is 231 Å². The molecule has 4 heteroatoms. The number of carbonyl (C=O) groups is 1. The van der Waals surface area contributed by atoms with Gasteiger partial charge in [0.15, 0.2) is 0 Å². The van der Waals surface area contributed by atoms with Gasteiger partial charge in [-0.3, -0.25) is 9.69 Å². The van der Waals surface area contributed by atoms with E-state index >= 15 is 0 Å². The molecule has 0 bridgehead atoms. The average molecular weight is 517 g/mol. The summed E-state index contributed by atoms with van der Waals surface area (Å²) in [6, 6.07) is 10.9. The van der Waals surface area contributed by atoms with Gasteiger partial charge >= 0.3 is 0 Å². The van der Waals surface area contributed by atoms with Crippen molar-refractivity contribution < 1.29 is 9.21 Å². The van der Waals surface area contributed by atoms with Gasteiger partial charge < -0.3 is 9.32 Å². The maximum absolute atomic E-state index is 14.1. The molecule has 1 aliphatic carbocycles. The maximum atomic E-state index is 14.1. The van der Waals surface area contributed by atoms with Crippen LogP contribution >= 0.6 is 0 Å². The molecule has 1 aromatic heterocycles. The number of benzene rings is 1. The van der Waals surface area contributed by atoms with Crippen LogP contribution in [0, 0.1) is 23.7 Å². The van der Waals surface area contributed by atoms with Gasteiger partial charge in [-0.1, -0.05) is 63.5 Å². The Morgan fingerprint density at radius 2 is 1.82 bits per heavy atom. The molecule has 0 atom stereocenters. The first kappa shape index (κ1) is 28.5. The quantitative estimate of drug-likeness (QED) is 0.226. The fourth-order valence-corrected chi connectivity index (χ4v) is 6.27. The summed E-state index contributed by atoms with van der Waals surface area (Å²) < 4.78 is 5.27. The molecule has 4 rings (SSSR count). The molecule has 2 aliphatic rings. The van der Waals surface area contributed by atoms with Crippen molar-refractivity contribution in [2.75, 3.05) is 13.1 Å². The molecule has 0 unspecified atom stereocenters. The Balaban J connectivity index is 1.41. The van der Waals surface area contributed by atoms with Crippen molar-refractivity contribution in [1.82, 2.24) is 9.80 Å². The number of furan rings is 1. The van der Waals surface area contributed by atoms with Gasteiger partial charge in [0.25, 0.3) is 0 Å². The number of likely N-dealkylation sites (tertiary alicyclic amines) is 1. The van der Waals surface area contributed by atoms with E-state index in [1.54, 1.807) is 6.26 Å². The molecule has 2 aromatic rings. The van der Waals surface area contributed by atoms with E-state index in [1.165, 1.54) is 49.7 Å². The van der Waals surface area contributed by atoms with E-state index in [4.69, 9.17) is 4.42 Å². The van der Waals surface area contributed by atoms with Crippen molar-refractivity contribution in [2.45, 2.75) is 110 Å². The predicted octanol–water partition coefficient (Wildman–Crippen LogP) is 7.81. The molecule has 206 valence electrons. The summed E-state index contributed by atoms with van der Waals surface area (Å²) in [5.74, 6) is 8.00. The molecule has 1 aromatic carbocycles. The lowest BCUT2D eigenvalue weighted by atomic mass is 9.79. The van der Waals surface area contributed by atoms with Gasteiger partial charge in [0.05, 0.1) is 12.5 Å². The normalized spacial score (nSPS) is 20.6. The fraction of sp³-hybridized carbons (Fsp3) is 0.618. The van der Waals surface area contributed by atoms with Crippen molar-refractivity contribution >= 4 is 5.91 Å². The molecule has 0 spiro atoms. The zero-order chi connectivity index (χ0) is 26.6. The minimum absolute atomic E-state index is 0.189. The number of hydrogen-bond donors (Lipinski definition) is 0. The van der Waals surface area contributed by atoms with Gasteiger partial charge in [-0.25, -0.2) is 0 Å². The molecule has 1 saturated heterocycles. The van der Waals surface area contributed by atoms with Crippen molar-refractivity contribution in [1.29, 1.82) is 0 Å². The van der Waals surface area contributed by atoms with E-state index in [0.717, 1.165) is 69.6 Å². The number of rotatable bonds is 11. The second-order valence-corrected chi connectivity index (χ2v) is 11.6. The zero-order valence-corrected chi connectivity index (χ0v) is 23.8. The lowest BCUT2D eigenvalue weighted by molar-refractivity contribution is -0.141. The van der Waals surface area contributed by atoms with Crippen molar-refractivity contribution in [3.63, 3.8) is 0 Å². The minimum atomic E-state index is 0.189. The lowest BCUT2D eigenvalue weighted by Gasteiger charge is -2.41. The molecule has 0 radical (unpaired) electrons. The summed E-state index contributed by atoms with van der Waals surface area (Å²) in [7, 11) is 0. The summed E-state index contributed by atoms with van der Waals surface area (Å²) in [4.78, 5) is 18.8. The van der Waals surface area contributed by atoms with Gasteiger partial charge in [-0.15, -0.1) is 0 Å². The summed E-state index contributed by atoms with van der Waals surface area (Å²) in [6.45, 7) is 8.11. The lowest BCUT2D eigenvalue weighted by Crippen LogP contribution is -2.49. The number of nitrogens with zero attached hydrogens (tertiary/aromatic N) is 2. The van der Waals surface area contributed by atoms with Gasteiger partial charge in [-0.05, 0) is 74.6 Å². The number of piperidine rings is 1. The highest BCUT2D eigenvalue weighted by molar-refractivity contribution is 5.79. The van der Waals surface area contributed by atoms with Crippen LogP contribution in [0.1, 0.15) is 108 Å². The molecule has 1 aliphatic heterocycles. The summed E-state index contributed by atoms with van der Waals surface area (Å²) >= 11 is 0. The molecule has 2 heterocycles. The average Bonchev–Trinajstić information content (AvgIpc) is 3.46. The smallest absolute Gasteiger partial charge is 0.226 e. The summed E-state index contributed by atoms with van der Waals surface area (Å²) in [6.07, 6.45) is 17.6. The Morgan fingerprint density at radius 1 is 1.00 bits per heavy atom. The molecule has 2 fully saturated rings. The monoisotopic (exact) mass is 516 g/mol. The van der Waals surface area contributed by atoms with Crippen LogP contribution < -0.4 is 0 Å². The largest absolute Gasteiger partial charge is 0.472 e. The van der Waals surface area contributed by atoms with Crippen LogP contribution in [0.25, 0.3) is 0 Å².